The minimum atomic E-state index is -1.01. The van der Waals surface area contributed by atoms with Crippen molar-refractivity contribution in [3.05, 3.63) is 23.8 Å². The molecule has 0 unspecified atom stereocenters. The highest BCUT2D eigenvalue weighted by Gasteiger charge is 2.20. The van der Waals surface area contributed by atoms with Crippen LogP contribution in [0.25, 0.3) is 0 Å². The van der Waals surface area contributed by atoms with Crippen LogP contribution in [0.15, 0.2) is 12.1 Å². The summed E-state index contributed by atoms with van der Waals surface area (Å²) >= 11 is 0. The highest BCUT2D eigenvalue weighted by Crippen LogP contribution is 2.28. The molecule has 15 heavy (non-hydrogen) atoms. The second kappa shape index (κ2) is 4.66. The molecule has 0 aromatic heterocycles. The molecule has 0 heterocycles. The van der Waals surface area contributed by atoms with Crippen LogP contribution in [0.3, 0.4) is 0 Å². The Kier molecular flexibility index (Phi) is 3.74. The van der Waals surface area contributed by atoms with Gasteiger partial charge in [-0.05, 0) is 19.3 Å². The normalized spacial score (nSPS) is 15.3. The van der Waals surface area contributed by atoms with Crippen LogP contribution in [0.5, 0.6) is 5.75 Å². The van der Waals surface area contributed by atoms with E-state index in [4.69, 9.17) is 10.5 Å². The van der Waals surface area contributed by atoms with E-state index in [9.17, 15) is 8.78 Å². The monoisotopic (exact) mass is 235 g/mol. The third-order valence-electron chi connectivity index (χ3n) is 2.38. The highest BCUT2D eigenvalue weighted by atomic mass is 35.5. The molecule has 5 heteroatoms. The summed E-state index contributed by atoms with van der Waals surface area (Å²) in [5.74, 6) is -1.66. The van der Waals surface area contributed by atoms with Gasteiger partial charge in [-0.3, -0.25) is 0 Å². The van der Waals surface area contributed by atoms with Crippen LogP contribution in [0.2, 0.25) is 0 Å². The first kappa shape index (κ1) is 12.0. The highest BCUT2D eigenvalue weighted by molar-refractivity contribution is 5.85. The summed E-state index contributed by atoms with van der Waals surface area (Å²) in [5.41, 5.74) is 5.05. The third kappa shape index (κ3) is 2.50. The summed E-state index contributed by atoms with van der Waals surface area (Å²) in [6, 6.07) is 2.35. The molecule has 84 valence electrons. The van der Waals surface area contributed by atoms with Gasteiger partial charge in [-0.25, -0.2) is 8.78 Å². The number of hydrogen-bond acceptors (Lipinski definition) is 2. The summed E-state index contributed by atoms with van der Waals surface area (Å²) < 4.78 is 31.0. The van der Waals surface area contributed by atoms with Crippen LogP contribution in [-0.4, -0.2) is 6.10 Å². The van der Waals surface area contributed by atoms with Gasteiger partial charge in [-0.1, -0.05) is 0 Å². The van der Waals surface area contributed by atoms with Crippen LogP contribution < -0.4 is 10.5 Å². The van der Waals surface area contributed by atoms with Crippen LogP contribution in [0.1, 0.15) is 19.3 Å². The number of nitrogens with two attached hydrogens (primary N) is 1. The molecular formula is C10H12ClF2NO. The molecule has 0 bridgehead atoms. The van der Waals surface area contributed by atoms with Crippen molar-refractivity contribution in [3.63, 3.8) is 0 Å². The molecule has 0 amide bonds. The first-order valence-electron chi connectivity index (χ1n) is 4.58. The smallest absolute Gasteiger partial charge is 0.181 e. The standard InChI is InChI=1S/C10H11F2NO.ClH/c11-8-4-7(5-9(13)10(8)12)14-6-2-1-3-6;/h4-6H,1-3,13H2;1H. The Morgan fingerprint density at radius 1 is 1.27 bits per heavy atom. The van der Waals surface area contributed by atoms with Gasteiger partial charge in [0.05, 0.1) is 11.8 Å². The molecule has 1 aromatic carbocycles. The fourth-order valence-electron chi connectivity index (χ4n) is 1.33. The molecule has 0 radical (unpaired) electrons. The van der Waals surface area contributed by atoms with Crippen molar-refractivity contribution >= 4 is 18.1 Å². The Balaban J connectivity index is 0.00000112. The Bertz CT molecular complexity index is 332. The topological polar surface area (TPSA) is 35.2 Å². The molecule has 1 aliphatic carbocycles. The van der Waals surface area contributed by atoms with E-state index in [-0.39, 0.29) is 24.2 Å². The van der Waals surface area contributed by atoms with E-state index in [0.29, 0.717) is 5.75 Å². The number of benzene rings is 1. The molecule has 1 fully saturated rings. The number of ether oxygens (including phenoxy) is 1. The van der Waals surface area contributed by atoms with E-state index in [1.54, 1.807) is 0 Å². The van der Waals surface area contributed by atoms with Gasteiger partial charge in [-0.2, -0.15) is 0 Å². The molecule has 2 nitrogen and oxygen atoms in total. The molecule has 0 aliphatic heterocycles. The van der Waals surface area contributed by atoms with E-state index < -0.39 is 11.6 Å². The molecule has 1 aromatic rings. The van der Waals surface area contributed by atoms with Crippen molar-refractivity contribution in [2.45, 2.75) is 25.4 Å². The number of rotatable bonds is 2. The van der Waals surface area contributed by atoms with Crippen molar-refractivity contribution in [2.75, 3.05) is 5.73 Å². The molecule has 2 rings (SSSR count). The summed E-state index contributed by atoms with van der Waals surface area (Å²) in [4.78, 5) is 0. The van der Waals surface area contributed by atoms with E-state index >= 15 is 0 Å². The largest absolute Gasteiger partial charge is 0.490 e. The Labute approximate surface area is 92.8 Å². The van der Waals surface area contributed by atoms with Gasteiger partial charge in [-0.15, -0.1) is 12.4 Å². The minimum absolute atomic E-state index is 0. The van der Waals surface area contributed by atoms with Gasteiger partial charge < -0.3 is 10.5 Å². The Morgan fingerprint density at radius 3 is 2.40 bits per heavy atom. The van der Waals surface area contributed by atoms with Crippen molar-refractivity contribution < 1.29 is 13.5 Å². The van der Waals surface area contributed by atoms with Crippen LogP contribution in [0, 0.1) is 11.6 Å². The summed E-state index contributed by atoms with van der Waals surface area (Å²) in [6.45, 7) is 0. The van der Waals surface area contributed by atoms with E-state index in [2.05, 4.69) is 0 Å². The maximum absolute atomic E-state index is 12.9. The van der Waals surface area contributed by atoms with Gasteiger partial charge in [0.2, 0.25) is 0 Å². The quantitative estimate of drug-likeness (QED) is 0.800. The maximum Gasteiger partial charge on any atom is 0.181 e. The van der Waals surface area contributed by atoms with Gasteiger partial charge in [0.25, 0.3) is 0 Å². The first-order chi connectivity index (χ1) is 6.66. The van der Waals surface area contributed by atoms with Crippen molar-refractivity contribution in [1.82, 2.24) is 0 Å². The lowest BCUT2D eigenvalue weighted by molar-refractivity contribution is 0.120. The fourth-order valence-corrected chi connectivity index (χ4v) is 1.33. The zero-order chi connectivity index (χ0) is 10.1. The molecule has 0 atom stereocenters. The second-order valence-electron chi connectivity index (χ2n) is 3.48. The molecule has 1 aliphatic rings. The lowest BCUT2D eigenvalue weighted by Gasteiger charge is -2.26. The lowest BCUT2D eigenvalue weighted by Crippen LogP contribution is -2.24. The summed E-state index contributed by atoms with van der Waals surface area (Å²) in [6.07, 6.45) is 3.21. The van der Waals surface area contributed by atoms with Crippen molar-refractivity contribution in [3.8, 4) is 5.75 Å². The maximum atomic E-state index is 12.9. The first-order valence-corrected chi connectivity index (χ1v) is 4.58. The van der Waals surface area contributed by atoms with E-state index in [0.717, 1.165) is 25.3 Å². The van der Waals surface area contributed by atoms with E-state index in [1.807, 2.05) is 0 Å². The molecular weight excluding hydrogens is 224 g/mol. The molecule has 0 spiro atoms. The van der Waals surface area contributed by atoms with Crippen LogP contribution in [0.4, 0.5) is 14.5 Å². The number of anilines is 1. The fraction of sp³-hybridized carbons (Fsp3) is 0.400. The zero-order valence-corrected chi connectivity index (χ0v) is 8.82. The molecule has 0 saturated heterocycles. The van der Waals surface area contributed by atoms with E-state index in [1.165, 1.54) is 6.07 Å². The number of halogens is 3. The van der Waals surface area contributed by atoms with Crippen LogP contribution in [-0.2, 0) is 0 Å². The number of nitrogen functional groups attached to an aromatic ring is 1. The molecule has 1 saturated carbocycles. The van der Waals surface area contributed by atoms with Gasteiger partial charge in [0.1, 0.15) is 5.75 Å². The van der Waals surface area contributed by atoms with Gasteiger partial charge in [0.15, 0.2) is 11.6 Å². The molecule has 2 N–H and O–H groups in total. The average Bonchev–Trinajstić information content (AvgIpc) is 2.07. The predicted octanol–water partition coefficient (Wildman–Crippen LogP) is 2.90. The Morgan fingerprint density at radius 2 is 1.93 bits per heavy atom. The minimum Gasteiger partial charge on any atom is -0.490 e. The zero-order valence-electron chi connectivity index (χ0n) is 8.00. The Hall–Kier alpha value is -1.03. The van der Waals surface area contributed by atoms with Crippen molar-refractivity contribution in [2.24, 2.45) is 0 Å². The van der Waals surface area contributed by atoms with Gasteiger partial charge >= 0.3 is 0 Å². The summed E-state index contributed by atoms with van der Waals surface area (Å²) in [7, 11) is 0. The SMILES string of the molecule is Cl.Nc1cc(OC2CCC2)cc(F)c1F. The second-order valence-corrected chi connectivity index (χ2v) is 3.48. The van der Waals surface area contributed by atoms with Gasteiger partial charge in [0, 0.05) is 12.1 Å². The summed E-state index contributed by atoms with van der Waals surface area (Å²) in [5, 5.41) is 0. The lowest BCUT2D eigenvalue weighted by atomic mass is 9.96. The van der Waals surface area contributed by atoms with Crippen molar-refractivity contribution in [1.29, 1.82) is 0 Å². The van der Waals surface area contributed by atoms with Crippen LogP contribution >= 0.6 is 12.4 Å². The third-order valence-corrected chi connectivity index (χ3v) is 2.38. The number of hydrogen-bond donors (Lipinski definition) is 1. The average molecular weight is 236 g/mol. The predicted molar refractivity (Wildman–Crippen MR) is 56.3 cm³/mol.